The molecule has 0 spiro atoms. The fourth-order valence-electron chi connectivity index (χ4n) is 1.54. The smallest absolute Gasteiger partial charge is 0.0621 e. The lowest BCUT2D eigenvalue weighted by Crippen LogP contribution is -2.19. The number of halogens is 1. The van der Waals surface area contributed by atoms with E-state index in [0.29, 0.717) is 12.5 Å². The second kappa shape index (κ2) is 7.27. The Morgan fingerprint density at radius 2 is 2.25 bits per heavy atom. The zero-order valence-corrected chi connectivity index (χ0v) is 10.3. The zero-order chi connectivity index (χ0) is 11.8. The fourth-order valence-corrected chi connectivity index (χ4v) is 1.74. The van der Waals surface area contributed by atoms with Crippen molar-refractivity contribution in [1.82, 2.24) is 5.32 Å². The highest BCUT2D eigenvalue weighted by Gasteiger charge is 2.03. The third-order valence-electron chi connectivity index (χ3n) is 2.51. The van der Waals surface area contributed by atoms with Gasteiger partial charge in [-0.25, -0.2) is 0 Å². The molecule has 16 heavy (non-hydrogen) atoms. The van der Waals surface area contributed by atoms with Gasteiger partial charge in [0.05, 0.1) is 6.07 Å². The van der Waals surface area contributed by atoms with Crippen LogP contribution in [0.4, 0.5) is 0 Å². The Morgan fingerprint density at radius 3 is 2.94 bits per heavy atom. The second-order valence-electron chi connectivity index (χ2n) is 3.85. The molecule has 3 heteroatoms. The second-order valence-corrected chi connectivity index (χ2v) is 4.28. The van der Waals surface area contributed by atoms with Gasteiger partial charge in [0, 0.05) is 17.5 Å². The molecule has 0 unspecified atom stereocenters. The fraction of sp³-hybridized carbons (Fsp3) is 0.462. The molecule has 1 rings (SSSR count). The number of hydrogen-bond acceptors (Lipinski definition) is 2. The molecule has 0 aliphatic heterocycles. The Hall–Kier alpha value is -1.04. The molecule has 0 aliphatic carbocycles. The Balaban J connectivity index is 2.30. The monoisotopic (exact) mass is 236 g/mol. The van der Waals surface area contributed by atoms with E-state index in [0.717, 1.165) is 24.4 Å². The summed E-state index contributed by atoms with van der Waals surface area (Å²) >= 11 is 5.93. The normalized spacial score (nSPS) is 12.1. The van der Waals surface area contributed by atoms with Crippen molar-refractivity contribution in [2.75, 3.05) is 6.54 Å². The Kier molecular flexibility index (Phi) is 5.92. The Morgan fingerprint density at radius 1 is 1.44 bits per heavy atom. The number of nitrogens with one attached hydrogen (secondary N) is 1. The molecular formula is C13H17ClN2. The average Bonchev–Trinajstić information content (AvgIpc) is 2.28. The quantitative estimate of drug-likeness (QED) is 0.765. The molecule has 0 aliphatic rings. The summed E-state index contributed by atoms with van der Waals surface area (Å²) < 4.78 is 0. The predicted octanol–water partition coefficient (Wildman–Crippen LogP) is 3.68. The lowest BCUT2D eigenvalue weighted by Gasteiger charge is -2.14. The maximum absolute atomic E-state index is 8.40. The number of unbranched alkanes of at least 4 members (excludes halogenated alkanes) is 2. The van der Waals surface area contributed by atoms with Crippen molar-refractivity contribution in [1.29, 1.82) is 5.26 Å². The molecule has 0 fully saturated rings. The SMILES string of the molecule is C[C@H](NCCCCC#N)c1cccc(Cl)c1. The van der Waals surface area contributed by atoms with E-state index in [1.54, 1.807) is 0 Å². The standard InChI is InChI=1S/C13H17ClN2/c1-11(16-9-4-2-3-8-15)12-6-5-7-13(14)10-12/h5-7,10-11,16H,2-4,9H2,1H3/t11-/m0/s1. The summed E-state index contributed by atoms with van der Waals surface area (Å²) in [6.07, 6.45) is 2.65. The van der Waals surface area contributed by atoms with Gasteiger partial charge in [0.2, 0.25) is 0 Å². The lowest BCUT2D eigenvalue weighted by atomic mass is 10.1. The molecule has 2 nitrogen and oxygen atoms in total. The van der Waals surface area contributed by atoms with Crippen molar-refractivity contribution >= 4 is 11.6 Å². The number of nitrogens with zero attached hydrogens (tertiary/aromatic N) is 1. The van der Waals surface area contributed by atoms with Crippen LogP contribution < -0.4 is 5.32 Å². The molecule has 0 radical (unpaired) electrons. The number of benzene rings is 1. The van der Waals surface area contributed by atoms with Gasteiger partial charge < -0.3 is 5.32 Å². The van der Waals surface area contributed by atoms with Gasteiger partial charge in [0.15, 0.2) is 0 Å². The van der Waals surface area contributed by atoms with Gasteiger partial charge in [-0.05, 0) is 44.0 Å². The van der Waals surface area contributed by atoms with Crippen molar-refractivity contribution in [3.8, 4) is 6.07 Å². The van der Waals surface area contributed by atoms with Gasteiger partial charge in [-0.15, -0.1) is 0 Å². The average molecular weight is 237 g/mol. The molecule has 0 aromatic heterocycles. The lowest BCUT2D eigenvalue weighted by molar-refractivity contribution is 0.549. The van der Waals surface area contributed by atoms with Crippen LogP contribution in [-0.2, 0) is 0 Å². The first-order valence-electron chi connectivity index (χ1n) is 5.60. The highest BCUT2D eigenvalue weighted by molar-refractivity contribution is 6.30. The van der Waals surface area contributed by atoms with Crippen molar-refractivity contribution in [3.63, 3.8) is 0 Å². The molecule has 0 amide bonds. The summed E-state index contributed by atoms with van der Waals surface area (Å²) in [6.45, 7) is 3.06. The Bertz CT molecular complexity index is 357. The summed E-state index contributed by atoms with van der Waals surface area (Å²) in [5.41, 5.74) is 1.20. The number of rotatable bonds is 6. The van der Waals surface area contributed by atoms with Gasteiger partial charge in [-0.3, -0.25) is 0 Å². The third-order valence-corrected chi connectivity index (χ3v) is 2.75. The third kappa shape index (κ3) is 4.65. The summed E-state index contributed by atoms with van der Waals surface area (Å²) in [6, 6.07) is 10.3. The van der Waals surface area contributed by atoms with Gasteiger partial charge in [0.25, 0.3) is 0 Å². The zero-order valence-electron chi connectivity index (χ0n) is 9.54. The molecule has 86 valence electrons. The van der Waals surface area contributed by atoms with Crippen LogP contribution in [0.5, 0.6) is 0 Å². The predicted molar refractivity (Wildman–Crippen MR) is 67.3 cm³/mol. The van der Waals surface area contributed by atoms with Crippen LogP contribution in [0, 0.1) is 11.3 Å². The van der Waals surface area contributed by atoms with E-state index in [-0.39, 0.29) is 0 Å². The molecule has 0 saturated heterocycles. The van der Waals surface area contributed by atoms with Crippen LogP contribution in [0.3, 0.4) is 0 Å². The van der Waals surface area contributed by atoms with Crippen molar-refractivity contribution in [3.05, 3.63) is 34.9 Å². The summed E-state index contributed by atoms with van der Waals surface area (Å²) in [5.74, 6) is 0. The molecule has 1 aromatic rings. The maximum atomic E-state index is 8.40. The van der Waals surface area contributed by atoms with Gasteiger partial charge in [-0.2, -0.15) is 5.26 Å². The molecule has 0 heterocycles. The van der Waals surface area contributed by atoms with Crippen LogP contribution in [0.15, 0.2) is 24.3 Å². The number of hydrogen-bond donors (Lipinski definition) is 1. The molecule has 0 bridgehead atoms. The molecule has 1 N–H and O–H groups in total. The van der Waals surface area contributed by atoms with E-state index in [1.165, 1.54) is 5.56 Å². The topological polar surface area (TPSA) is 35.8 Å². The first-order chi connectivity index (χ1) is 7.74. The number of nitriles is 1. The summed E-state index contributed by atoms with van der Waals surface area (Å²) in [7, 11) is 0. The van der Waals surface area contributed by atoms with Crippen LogP contribution in [0.2, 0.25) is 5.02 Å². The minimum Gasteiger partial charge on any atom is -0.310 e. The van der Waals surface area contributed by atoms with E-state index in [1.807, 2.05) is 18.2 Å². The van der Waals surface area contributed by atoms with Gasteiger partial charge >= 0.3 is 0 Å². The van der Waals surface area contributed by atoms with Gasteiger partial charge in [0.1, 0.15) is 0 Å². The van der Waals surface area contributed by atoms with E-state index in [4.69, 9.17) is 16.9 Å². The highest BCUT2D eigenvalue weighted by Crippen LogP contribution is 2.17. The van der Waals surface area contributed by atoms with Crippen LogP contribution in [-0.4, -0.2) is 6.54 Å². The minimum absolute atomic E-state index is 0.306. The first-order valence-corrected chi connectivity index (χ1v) is 5.97. The summed E-state index contributed by atoms with van der Waals surface area (Å²) in [4.78, 5) is 0. The molecule has 1 atom stereocenters. The van der Waals surface area contributed by atoms with E-state index in [9.17, 15) is 0 Å². The van der Waals surface area contributed by atoms with Crippen LogP contribution in [0.1, 0.15) is 37.8 Å². The van der Waals surface area contributed by atoms with Crippen molar-refractivity contribution in [2.24, 2.45) is 0 Å². The van der Waals surface area contributed by atoms with Crippen molar-refractivity contribution < 1.29 is 0 Å². The first kappa shape index (κ1) is 13.0. The maximum Gasteiger partial charge on any atom is 0.0621 e. The van der Waals surface area contributed by atoms with Crippen LogP contribution in [0.25, 0.3) is 0 Å². The largest absolute Gasteiger partial charge is 0.310 e. The van der Waals surface area contributed by atoms with Gasteiger partial charge in [-0.1, -0.05) is 23.7 Å². The Labute approximate surface area is 102 Å². The highest BCUT2D eigenvalue weighted by atomic mass is 35.5. The molecule has 1 aromatic carbocycles. The van der Waals surface area contributed by atoms with E-state index >= 15 is 0 Å². The molecular weight excluding hydrogens is 220 g/mol. The minimum atomic E-state index is 0.306. The van der Waals surface area contributed by atoms with E-state index < -0.39 is 0 Å². The molecule has 0 saturated carbocycles. The summed E-state index contributed by atoms with van der Waals surface area (Å²) in [5, 5.41) is 12.6. The van der Waals surface area contributed by atoms with Crippen molar-refractivity contribution in [2.45, 2.75) is 32.2 Å². The van der Waals surface area contributed by atoms with Crippen LogP contribution >= 0.6 is 11.6 Å². The van der Waals surface area contributed by atoms with E-state index in [2.05, 4.69) is 24.4 Å².